The topological polar surface area (TPSA) is 52.6 Å². The highest BCUT2D eigenvalue weighted by molar-refractivity contribution is 5.85. The first-order valence-electron chi connectivity index (χ1n) is 7.01. The quantitative estimate of drug-likeness (QED) is 0.564. The highest BCUT2D eigenvalue weighted by Crippen LogP contribution is 2.55. The normalized spacial score (nSPS) is 37.3. The smallest absolute Gasteiger partial charge is 0.178 e. The minimum Gasteiger partial charge on any atom is -0.347 e. The van der Waals surface area contributed by atoms with E-state index in [1.807, 2.05) is 0 Å². The molecule has 100 valence electrons. The molecule has 4 nitrogen and oxygen atoms in total. The molecule has 0 N–H and O–H groups in total. The van der Waals surface area contributed by atoms with E-state index in [1.54, 1.807) is 0 Å². The lowest BCUT2D eigenvalue weighted by Crippen LogP contribution is -2.38. The van der Waals surface area contributed by atoms with Crippen LogP contribution in [0.5, 0.6) is 0 Å². The Hall–Kier alpha value is -0.740. The van der Waals surface area contributed by atoms with Crippen molar-refractivity contribution in [1.29, 1.82) is 0 Å². The average Bonchev–Trinajstić information content (AvgIpc) is 3.03. The van der Waals surface area contributed by atoms with Crippen molar-refractivity contribution >= 4 is 12.1 Å². The first-order chi connectivity index (χ1) is 8.77. The van der Waals surface area contributed by atoms with E-state index in [0.717, 1.165) is 32.0 Å². The van der Waals surface area contributed by atoms with Crippen LogP contribution in [-0.2, 0) is 19.1 Å². The maximum Gasteiger partial charge on any atom is 0.178 e. The number of fused-ring (bicyclic) bond motifs is 2. The number of rotatable bonds is 4. The number of carbonyl (C=O) groups excluding carboxylic acids is 2. The van der Waals surface area contributed by atoms with Crippen molar-refractivity contribution in [3.63, 3.8) is 0 Å². The molecule has 1 spiro atoms. The zero-order valence-electron chi connectivity index (χ0n) is 10.6. The van der Waals surface area contributed by atoms with Crippen LogP contribution in [0.3, 0.4) is 0 Å². The van der Waals surface area contributed by atoms with Crippen molar-refractivity contribution in [3.05, 3.63) is 0 Å². The maximum absolute atomic E-state index is 12.2. The molecular weight excluding hydrogens is 232 g/mol. The van der Waals surface area contributed by atoms with E-state index in [1.165, 1.54) is 0 Å². The van der Waals surface area contributed by atoms with Crippen molar-refractivity contribution in [1.82, 2.24) is 0 Å². The van der Waals surface area contributed by atoms with Gasteiger partial charge in [0, 0.05) is 19.3 Å². The van der Waals surface area contributed by atoms with Gasteiger partial charge < -0.3 is 14.3 Å². The van der Waals surface area contributed by atoms with Crippen LogP contribution in [0, 0.1) is 17.8 Å². The largest absolute Gasteiger partial charge is 0.347 e. The van der Waals surface area contributed by atoms with Crippen LogP contribution in [0.4, 0.5) is 0 Å². The number of hydrogen-bond donors (Lipinski definition) is 0. The third-order valence-electron chi connectivity index (χ3n) is 4.82. The molecule has 0 bridgehead atoms. The molecule has 3 rings (SSSR count). The summed E-state index contributed by atoms with van der Waals surface area (Å²) in [7, 11) is 0. The molecule has 0 aromatic heterocycles. The third-order valence-corrected chi connectivity index (χ3v) is 4.82. The van der Waals surface area contributed by atoms with Gasteiger partial charge in [-0.3, -0.25) is 4.79 Å². The Morgan fingerprint density at radius 2 is 2.11 bits per heavy atom. The van der Waals surface area contributed by atoms with Gasteiger partial charge in [-0.1, -0.05) is 0 Å². The van der Waals surface area contributed by atoms with Gasteiger partial charge in [0.15, 0.2) is 5.79 Å². The van der Waals surface area contributed by atoms with E-state index in [4.69, 9.17) is 9.47 Å². The lowest BCUT2D eigenvalue weighted by molar-refractivity contribution is -0.186. The van der Waals surface area contributed by atoms with E-state index >= 15 is 0 Å². The molecule has 1 heterocycles. The highest BCUT2D eigenvalue weighted by Gasteiger charge is 2.60. The monoisotopic (exact) mass is 252 g/mol. The van der Waals surface area contributed by atoms with Crippen LogP contribution < -0.4 is 0 Å². The van der Waals surface area contributed by atoms with Crippen LogP contribution >= 0.6 is 0 Å². The van der Waals surface area contributed by atoms with Gasteiger partial charge in [0.05, 0.1) is 19.1 Å². The number of hydrogen-bond acceptors (Lipinski definition) is 4. The van der Waals surface area contributed by atoms with Crippen LogP contribution in [-0.4, -0.2) is 31.1 Å². The molecular formula is C14H20O4. The van der Waals surface area contributed by atoms with Crippen LogP contribution in [0.1, 0.15) is 38.5 Å². The lowest BCUT2D eigenvalue weighted by Gasteiger charge is -2.27. The predicted molar refractivity (Wildman–Crippen MR) is 63.9 cm³/mol. The Labute approximate surface area is 107 Å². The molecule has 3 fully saturated rings. The van der Waals surface area contributed by atoms with Crippen LogP contribution in [0.15, 0.2) is 0 Å². The summed E-state index contributed by atoms with van der Waals surface area (Å²) in [4.78, 5) is 22.6. The Balaban J connectivity index is 1.69. The number of carbonyl (C=O) groups is 2. The predicted octanol–water partition coefficient (Wildman–Crippen LogP) is 1.71. The number of Topliss-reactive ketones (excluding diaryl/α,β-unsaturated/α-hetero) is 1. The zero-order chi connectivity index (χ0) is 12.6. The summed E-state index contributed by atoms with van der Waals surface area (Å²) in [5, 5.41) is 0. The second-order valence-electron chi connectivity index (χ2n) is 5.72. The summed E-state index contributed by atoms with van der Waals surface area (Å²) in [6.07, 6.45) is 6.01. The van der Waals surface area contributed by atoms with Gasteiger partial charge in [0.2, 0.25) is 0 Å². The first-order valence-corrected chi connectivity index (χ1v) is 7.01. The summed E-state index contributed by atoms with van der Waals surface area (Å²) in [5.41, 5.74) is 0. The van der Waals surface area contributed by atoms with E-state index in [0.29, 0.717) is 43.7 Å². The molecule has 0 aromatic rings. The molecule has 3 atom stereocenters. The Morgan fingerprint density at radius 1 is 1.33 bits per heavy atom. The summed E-state index contributed by atoms with van der Waals surface area (Å²) < 4.78 is 11.5. The SMILES string of the molecule is O=CCCCC1CC(=O)[C@@H]2[C@H]1CCC21OCCO1. The fourth-order valence-electron chi connectivity index (χ4n) is 4.12. The van der Waals surface area contributed by atoms with Gasteiger partial charge in [-0.25, -0.2) is 0 Å². The lowest BCUT2D eigenvalue weighted by atomic mass is 9.87. The average molecular weight is 252 g/mol. The highest BCUT2D eigenvalue weighted by atomic mass is 16.7. The maximum atomic E-state index is 12.2. The fourth-order valence-corrected chi connectivity index (χ4v) is 4.12. The molecule has 1 saturated heterocycles. The van der Waals surface area contributed by atoms with E-state index in [9.17, 15) is 9.59 Å². The molecule has 0 aromatic carbocycles. The number of ketones is 1. The van der Waals surface area contributed by atoms with Gasteiger partial charge in [0.25, 0.3) is 0 Å². The standard InChI is InChI=1S/C14H20O4/c15-6-2-1-3-10-9-12(16)13-11(10)4-5-14(13)17-7-8-18-14/h6,10-11,13H,1-5,7-9H2/t10?,11-,13-/m0/s1. The Bertz CT molecular complexity index is 346. The van der Waals surface area contributed by atoms with Crippen molar-refractivity contribution in [2.45, 2.75) is 44.3 Å². The van der Waals surface area contributed by atoms with Crippen molar-refractivity contribution in [3.8, 4) is 0 Å². The number of ether oxygens (including phenoxy) is 2. The van der Waals surface area contributed by atoms with Crippen molar-refractivity contribution < 1.29 is 19.1 Å². The van der Waals surface area contributed by atoms with Crippen molar-refractivity contribution in [2.24, 2.45) is 17.8 Å². The van der Waals surface area contributed by atoms with E-state index < -0.39 is 5.79 Å². The number of aldehydes is 1. The molecule has 18 heavy (non-hydrogen) atoms. The molecule has 1 aliphatic heterocycles. The van der Waals surface area contributed by atoms with Gasteiger partial charge in [-0.2, -0.15) is 0 Å². The van der Waals surface area contributed by atoms with Gasteiger partial charge in [-0.15, -0.1) is 0 Å². The summed E-state index contributed by atoms with van der Waals surface area (Å²) in [6.45, 7) is 1.23. The van der Waals surface area contributed by atoms with Gasteiger partial charge in [-0.05, 0) is 31.1 Å². The minimum absolute atomic E-state index is 0.0405. The van der Waals surface area contributed by atoms with Crippen LogP contribution in [0.25, 0.3) is 0 Å². The third kappa shape index (κ3) is 1.82. The molecule has 0 amide bonds. The second kappa shape index (κ2) is 4.74. The van der Waals surface area contributed by atoms with Gasteiger partial charge in [0.1, 0.15) is 12.1 Å². The molecule has 2 aliphatic carbocycles. The van der Waals surface area contributed by atoms with E-state index in [2.05, 4.69) is 0 Å². The van der Waals surface area contributed by atoms with Crippen LogP contribution in [0.2, 0.25) is 0 Å². The summed E-state index contributed by atoms with van der Waals surface area (Å²) in [6, 6.07) is 0. The zero-order valence-corrected chi connectivity index (χ0v) is 10.6. The first kappa shape index (κ1) is 12.3. The Kier molecular flexibility index (Phi) is 3.24. The second-order valence-corrected chi connectivity index (χ2v) is 5.72. The molecule has 3 aliphatic rings. The van der Waals surface area contributed by atoms with Gasteiger partial charge >= 0.3 is 0 Å². The molecule has 4 heteroatoms. The fraction of sp³-hybridized carbons (Fsp3) is 0.857. The molecule has 0 radical (unpaired) electrons. The number of unbranched alkanes of at least 4 members (excludes halogenated alkanes) is 1. The van der Waals surface area contributed by atoms with E-state index in [-0.39, 0.29) is 5.92 Å². The summed E-state index contributed by atoms with van der Waals surface area (Å²) in [5.74, 6) is 0.551. The molecule has 1 unspecified atom stereocenters. The van der Waals surface area contributed by atoms with Crippen molar-refractivity contribution in [2.75, 3.05) is 13.2 Å². The molecule has 2 saturated carbocycles. The Morgan fingerprint density at radius 3 is 2.83 bits per heavy atom. The minimum atomic E-state index is -0.582. The summed E-state index contributed by atoms with van der Waals surface area (Å²) >= 11 is 0.